The van der Waals surface area contributed by atoms with E-state index in [0.29, 0.717) is 38.0 Å². The van der Waals surface area contributed by atoms with E-state index in [9.17, 15) is 9.65 Å². The Labute approximate surface area is 250 Å². The van der Waals surface area contributed by atoms with Gasteiger partial charge in [0.25, 0.3) is 0 Å². The van der Waals surface area contributed by atoms with E-state index in [1.807, 2.05) is 41.2 Å². The number of hydrogen-bond acceptors (Lipinski definition) is 7. The first-order valence-corrected chi connectivity index (χ1v) is 13.9. The third kappa shape index (κ3) is 5.65. The van der Waals surface area contributed by atoms with Gasteiger partial charge in [0.15, 0.2) is 0 Å². The molecule has 1 aliphatic rings. The Balaban J connectivity index is 1.42. The molecule has 2 atom stereocenters. The fourth-order valence-electron chi connectivity index (χ4n) is 4.90. The molecule has 0 radical (unpaired) electrons. The molecule has 5 aromatic rings. The first-order chi connectivity index (χ1) is 19.9. The zero-order chi connectivity index (χ0) is 28.5. The van der Waals surface area contributed by atoms with Gasteiger partial charge in [-0.3, -0.25) is 4.98 Å². The maximum atomic E-state index is 13.8. The van der Waals surface area contributed by atoms with Crippen molar-refractivity contribution in [1.82, 2.24) is 25.3 Å². The number of rotatable bonds is 7. The predicted octanol–water partition coefficient (Wildman–Crippen LogP) is 7.28. The van der Waals surface area contributed by atoms with Crippen molar-refractivity contribution >= 4 is 62.8 Å². The van der Waals surface area contributed by atoms with E-state index in [1.54, 1.807) is 6.07 Å². The van der Waals surface area contributed by atoms with Crippen LogP contribution in [0.4, 0.5) is 21.5 Å². The van der Waals surface area contributed by atoms with Gasteiger partial charge in [0.05, 0.1) is 45.1 Å². The fraction of sp³-hybridized carbons (Fsp3) is 0.172. The molecule has 12 heteroatoms. The molecule has 206 valence electrons. The molecule has 41 heavy (non-hydrogen) atoms. The SMILES string of the molecule is N#Cc1cnc2c(Cl)cc(NC(c3ccc(Cl)cc3)c3cn([C@H]4CCNC4)nn3)cc2c1Nc1ccc(F)c(Cl)c1. The fourth-order valence-corrected chi connectivity index (χ4v) is 5.47. The summed E-state index contributed by atoms with van der Waals surface area (Å²) in [6, 6.07) is 17.4. The zero-order valence-corrected chi connectivity index (χ0v) is 23.6. The van der Waals surface area contributed by atoms with Gasteiger partial charge < -0.3 is 16.0 Å². The maximum Gasteiger partial charge on any atom is 0.141 e. The molecule has 2 aromatic heterocycles. The highest BCUT2D eigenvalue weighted by molar-refractivity contribution is 6.36. The molecule has 3 aromatic carbocycles. The molecule has 0 bridgehead atoms. The van der Waals surface area contributed by atoms with E-state index in [-0.39, 0.29) is 22.7 Å². The Hall–Kier alpha value is -3.94. The van der Waals surface area contributed by atoms with E-state index in [0.717, 1.165) is 30.8 Å². The number of hydrogen-bond donors (Lipinski definition) is 3. The minimum absolute atomic E-state index is 0.0421. The lowest BCUT2D eigenvalue weighted by Gasteiger charge is -2.20. The molecule has 3 heterocycles. The van der Waals surface area contributed by atoms with E-state index >= 15 is 0 Å². The van der Waals surface area contributed by atoms with Gasteiger partial charge in [0, 0.05) is 34.5 Å². The number of halogens is 4. The lowest BCUT2D eigenvalue weighted by atomic mass is 10.0. The van der Waals surface area contributed by atoms with E-state index < -0.39 is 5.82 Å². The van der Waals surface area contributed by atoms with Gasteiger partial charge in [-0.25, -0.2) is 9.07 Å². The van der Waals surface area contributed by atoms with Crippen molar-refractivity contribution in [2.45, 2.75) is 18.5 Å². The molecule has 0 saturated carbocycles. The first kappa shape index (κ1) is 27.2. The monoisotopic (exact) mass is 606 g/mol. The minimum atomic E-state index is -0.541. The van der Waals surface area contributed by atoms with Crippen molar-refractivity contribution in [3.05, 3.63) is 105 Å². The van der Waals surface area contributed by atoms with Gasteiger partial charge in [-0.2, -0.15) is 5.26 Å². The third-order valence-electron chi connectivity index (χ3n) is 6.98. The first-order valence-electron chi connectivity index (χ1n) is 12.8. The van der Waals surface area contributed by atoms with Crippen molar-refractivity contribution in [3.8, 4) is 6.07 Å². The zero-order valence-electron chi connectivity index (χ0n) is 21.4. The van der Waals surface area contributed by atoms with Crippen LogP contribution in [0.15, 0.2) is 67.0 Å². The Bertz CT molecular complexity index is 1780. The number of benzene rings is 3. The topological polar surface area (TPSA) is 103 Å². The van der Waals surface area contributed by atoms with Crippen LogP contribution in [0.25, 0.3) is 10.9 Å². The van der Waals surface area contributed by atoms with Crippen LogP contribution in [0.1, 0.15) is 35.3 Å². The van der Waals surface area contributed by atoms with Gasteiger partial charge in [0.2, 0.25) is 0 Å². The summed E-state index contributed by atoms with van der Waals surface area (Å²) in [5, 5.41) is 30.4. The van der Waals surface area contributed by atoms with Gasteiger partial charge in [-0.05, 0) is 61.0 Å². The summed E-state index contributed by atoms with van der Waals surface area (Å²) in [6.07, 6.45) is 4.38. The lowest BCUT2D eigenvalue weighted by molar-refractivity contribution is 0.476. The van der Waals surface area contributed by atoms with E-state index in [1.165, 1.54) is 24.4 Å². The second-order valence-corrected chi connectivity index (χ2v) is 10.9. The molecular weight excluding hydrogens is 586 g/mol. The van der Waals surface area contributed by atoms with Gasteiger partial charge >= 0.3 is 0 Å². The Morgan fingerprint density at radius 1 is 1.05 bits per heavy atom. The summed E-state index contributed by atoms with van der Waals surface area (Å²) < 4.78 is 15.7. The lowest BCUT2D eigenvalue weighted by Crippen LogP contribution is -2.14. The summed E-state index contributed by atoms with van der Waals surface area (Å²) in [4.78, 5) is 4.42. The predicted molar refractivity (Wildman–Crippen MR) is 160 cm³/mol. The molecular formula is C29H22Cl3FN8. The van der Waals surface area contributed by atoms with Crippen molar-refractivity contribution in [2.24, 2.45) is 0 Å². The molecule has 6 rings (SSSR count). The van der Waals surface area contributed by atoms with Crippen molar-refractivity contribution < 1.29 is 4.39 Å². The molecule has 0 aliphatic carbocycles. The number of nitriles is 1. The average molecular weight is 608 g/mol. The average Bonchev–Trinajstić information content (AvgIpc) is 3.67. The van der Waals surface area contributed by atoms with Crippen LogP contribution < -0.4 is 16.0 Å². The Morgan fingerprint density at radius 3 is 2.59 bits per heavy atom. The number of nitrogens with zero attached hydrogens (tertiary/aromatic N) is 5. The number of nitrogens with one attached hydrogen (secondary N) is 3. The van der Waals surface area contributed by atoms with Crippen molar-refractivity contribution in [1.29, 1.82) is 5.26 Å². The van der Waals surface area contributed by atoms with Gasteiger partial charge in [-0.1, -0.05) is 52.1 Å². The van der Waals surface area contributed by atoms with Crippen LogP contribution in [0.5, 0.6) is 0 Å². The number of aromatic nitrogens is 4. The molecule has 1 fully saturated rings. The number of anilines is 3. The molecule has 1 unspecified atom stereocenters. The quantitative estimate of drug-likeness (QED) is 0.179. The Morgan fingerprint density at radius 2 is 1.85 bits per heavy atom. The van der Waals surface area contributed by atoms with Crippen LogP contribution in [0, 0.1) is 17.1 Å². The van der Waals surface area contributed by atoms with Crippen LogP contribution >= 0.6 is 34.8 Å². The maximum absolute atomic E-state index is 13.8. The standard InChI is InChI=1S/C29H22Cl3FN8/c30-18-3-1-16(2-4-18)28(26-15-41(40-39-26)21-7-8-35-14-21)38-20-9-22-27(37-19-5-6-25(33)23(31)10-19)17(12-34)13-36-29(22)24(32)11-20/h1-6,9-11,13,15,21,28,35,38H,7-8,14H2,(H,36,37)/t21-,28?/m0/s1. The molecule has 0 amide bonds. The highest BCUT2D eigenvalue weighted by Crippen LogP contribution is 2.37. The van der Waals surface area contributed by atoms with Crippen LogP contribution in [-0.4, -0.2) is 33.1 Å². The van der Waals surface area contributed by atoms with E-state index in [2.05, 4.69) is 37.3 Å². The minimum Gasteiger partial charge on any atom is -0.373 e. The normalized spacial score (nSPS) is 15.5. The third-order valence-corrected chi connectivity index (χ3v) is 7.81. The second-order valence-electron chi connectivity index (χ2n) is 9.67. The van der Waals surface area contributed by atoms with E-state index in [4.69, 9.17) is 34.8 Å². The second kappa shape index (κ2) is 11.5. The molecule has 0 spiro atoms. The molecule has 3 N–H and O–H groups in total. The van der Waals surface area contributed by atoms with Crippen molar-refractivity contribution in [3.63, 3.8) is 0 Å². The summed E-state index contributed by atoms with van der Waals surface area (Å²) in [5.41, 5.74) is 4.06. The van der Waals surface area contributed by atoms with Crippen LogP contribution in [0.3, 0.4) is 0 Å². The largest absolute Gasteiger partial charge is 0.373 e. The van der Waals surface area contributed by atoms with Crippen molar-refractivity contribution in [2.75, 3.05) is 23.7 Å². The summed E-state index contributed by atoms with van der Waals surface area (Å²) in [6.45, 7) is 1.78. The summed E-state index contributed by atoms with van der Waals surface area (Å²) in [7, 11) is 0. The molecule has 1 aliphatic heterocycles. The number of pyridine rings is 1. The highest BCUT2D eigenvalue weighted by atomic mass is 35.5. The Kier molecular flexibility index (Phi) is 7.65. The molecule has 8 nitrogen and oxygen atoms in total. The van der Waals surface area contributed by atoms with Gasteiger partial charge in [0.1, 0.15) is 17.6 Å². The summed E-state index contributed by atoms with van der Waals surface area (Å²) in [5.74, 6) is -0.541. The smallest absolute Gasteiger partial charge is 0.141 e. The molecule has 1 saturated heterocycles. The summed E-state index contributed by atoms with van der Waals surface area (Å²) >= 11 is 18.9. The number of fused-ring (bicyclic) bond motifs is 1. The highest BCUT2D eigenvalue weighted by Gasteiger charge is 2.23. The van der Waals surface area contributed by atoms with Crippen LogP contribution in [-0.2, 0) is 0 Å². The van der Waals surface area contributed by atoms with Crippen LogP contribution in [0.2, 0.25) is 15.1 Å². The van der Waals surface area contributed by atoms with Gasteiger partial charge in [-0.15, -0.1) is 5.10 Å².